The number of nitrogens with one attached hydrogen (secondary N) is 2. The van der Waals surface area contributed by atoms with E-state index < -0.39 is 37.0 Å². The van der Waals surface area contributed by atoms with Crippen molar-refractivity contribution in [3.63, 3.8) is 0 Å². The molecular formula is C12H16F6N2O. The van der Waals surface area contributed by atoms with Gasteiger partial charge in [-0.15, -0.1) is 0 Å². The summed E-state index contributed by atoms with van der Waals surface area (Å²) in [6.07, 6.45) is -6.10. The third kappa shape index (κ3) is 8.98. The Bertz CT molecular complexity index is 409. The molecule has 0 bridgehead atoms. The smallest absolute Gasteiger partial charge is 0.372 e. The number of halogens is 6. The minimum Gasteiger partial charge on any atom is -0.372 e. The summed E-state index contributed by atoms with van der Waals surface area (Å²) in [6.45, 7) is 0.431. The van der Waals surface area contributed by atoms with Crippen molar-refractivity contribution in [1.29, 1.82) is 0 Å². The lowest BCUT2D eigenvalue weighted by molar-refractivity contribution is -0.138. The molecule has 0 unspecified atom stereocenters. The maximum atomic E-state index is 12.8. The zero-order valence-electron chi connectivity index (χ0n) is 11.5. The van der Waals surface area contributed by atoms with Crippen molar-refractivity contribution in [2.75, 3.05) is 13.1 Å². The van der Waals surface area contributed by atoms with Crippen LogP contribution < -0.4 is 10.6 Å². The molecule has 2 N–H and O–H groups in total. The lowest BCUT2D eigenvalue weighted by atomic mass is 10.2. The van der Waals surface area contributed by atoms with Crippen LogP contribution in [0.4, 0.5) is 26.3 Å². The van der Waals surface area contributed by atoms with Gasteiger partial charge in [0.05, 0.1) is 6.54 Å². The van der Waals surface area contributed by atoms with E-state index in [1.807, 2.05) is 5.32 Å². The molecule has 0 aromatic rings. The van der Waals surface area contributed by atoms with Crippen molar-refractivity contribution in [3.05, 3.63) is 23.4 Å². The van der Waals surface area contributed by atoms with Crippen LogP contribution in [0.5, 0.6) is 0 Å². The highest BCUT2D eigenvalue weighted by molar-refractivity contribution is 5.78. The normalized spacial score (nSPS) is 14.1. The summed E-state index contributed by atoms with van der Waals surface area (Å²) in [5.41, 5.74) is -1.32. The van der Waals surface area contributed by atoms with Gasteiger partial charge in [-0.25, -0.2) is 0 Å². The lowest BCUT2D eigenvalue weighted by Crippen LogP contribution is -2.41. The van der Waals surface area contributed by atoms with E-state index in [0.29, 0.717) is 6.42 Å². The molecular weight excluding hydrogens is 302 g/mol. The van der Waals surface area contributed by atoms with E-state index in [-0.39, 0.29) is 5.57 Å². The van der Waals surface area contributed by atoms with Gasteiger partial charge in [0.15, 0.2) is 0 Å². The Labute approximate surface area is 118 Å². The van der Waals surface area contributed by atoms with Crippen molar-refractivity contribution in [1.82, 2.24) is 10.6 Å². The maximum Gasteiger partial charge on any atom is 0.431 e. The van der Waals surface area contributed by atoms with Crippen molar-refractivity contribution in [2.24, 2.45) is 0 Å². The summed E-state index contributed by atoms with van der Waals surface area (Å²) in [6, 6.07) is 0. The first-order valence-electron chi connectivity index (χ1n) is 5.99. The molecule has 0 atom stereocenters. The third-order valence-corrected chi connectivity index (χ3v) is 2.19. The predicted octanol–water partition coefficient (Wildman–Crippen LogP) is 3.06. The fourth-order valence-electron chi connectivity index (χ4n) is 1.27. The highest BCUT2D eigenvalue weighted by atomic mass is 19.4. The zero-order valence-corrected chi connectivity index (χ0v) is 11.5. The van der Waals surface area contributed by atoms with Gasteiger partial charge < -0.3 is 10.6 Å². The minimum atomic E-state index is -4.73. The molecule has 0 rings (SSSR count). The van der Waals surface area contributed by atoms with E-state index >= 15 is 0 Å². The van der Waals surface area contributed by atoms with Crippen LogP contribution in [-0.2, 0) is 4.79 Å². The Hall–Kier alpha value is -1.67. The molecule has 0 fully saturated rings. The molecule has 0 saturated heterocycles. The van der Waals surface area contributed by atoms with E-state index in [2.05, 4.69) is 0 Å². The largest absolute Gasteiger partial charge is 0.431 e. The van der Waals surface area contributed by atoms with Gasteiger partial charge in [-0.1, -0.05) is 19.1 Å². The van der Waals surface area contributed by atoms with Crippen LogP contribution in [0.15, 0.2) is 23.4 Å². The molecule has 0 aromatic carbocycles. The standard InChI is InChI=1S/C12H16F6N2O/c1-3-4-5-8(2)10(12(16,17)18)19-6-9(21)20-7-11(13,14)15/h4-5,19H,3,6-7H2,1-2H3,(H,20,21)/b5-4-,10-8+. The number of allylic oxidation sites excluding steroid dienone is 4. The predicted molar refractivity (Wildman–Crippen MR) is 65.3 cm³/mol. The van der Waals surface area contributed by atoms with E-state index in [1.54, 1.807) is 6.92 Å². The average molecular weight is 318 g/mol. The molecule has 0 heterocycles. The summed E-state index contributed by atoms with van der Waals surface area (Å²) < 4.78 is 73.8. The summed E-state index contributed by atoms with van der Waals surface area (Å²) in [7, 11) is 0. The average Bonchev–Trinajstić information content (AvgIpc) is 2.31. The Balaban J connectivity index is 4.73. The molecule has 9 heteroatoms. The molecule has 0 saturated carbocycles. The highest BCUT2D eigenvalue weighted by Crippen LogP contribution is 2.26. The Kier molecular flexibility index (Phi) is 7.31. The third-order valence-electron chi connectivity index (χ3n) is 2.19. The minimum absolute atomic E-state index is 0.159. The van der Waals surface area contributed by atoms with Gasteiger partial charge in [0.2, 0.25) is 5.91 Å². The first kappa shape index (κ1) is 19.3. The SMILES string of the molecule is CC/C=C\C(C)=C(\NCC(=O)NCC(F)(F)F)C(F)(F)F. The van der Waals surface area contributed by atoms with Crippen LogP contribution in [0.3, 0.4) is 0 Å². The van der Waals surface area contributed by atoms with Crippen LogP contribution >= 0.6 is 0 Å². The van der Waals surface area contributed by atoms with Gasteiger partial charge in [0.25, 0.3) is 0 Å². The number of hydrogen-bond donors (Lipinski definition) is 2. The van der Waals surface area contributed by atoms with Gasteiger partial charge in [-0.05, 0) is 18.9 Å². The molecule has 0 aromatic heterocycles. The Morgan fingerprint density at radius 3 is 2.10 bits per heavy atom. The van der Waals surface area contributed by atoms with Gasteiger partial charge in [-0.2, -0.15) is 26.3 Å². The fraction of sp³-hybridized carbons (Fsp3) is 0.583. The Morgan fingerprint density at radius 1 is 1.10 bits per heavy atom. The van der Waals surface area contributed by atoms with Crippen LogP contribution in [0, 0.1) is 0 Å². The molecule has 0 aliphatic carbocycles. The van der Waals surface area contributed by atoms with Crippen molar-refractivity contribution < 1.29 is 31.1 Å². The number of carbonyl (C=O) groups is 1. The highest BCUT2D eigenvalue weighted by Gasteiger charge is 2.35. The first-order valence-corrected chi connectivity index (χ1v) is 5.99. The Morgan fingerprint density at radius 2 is 1.67 bits per heavy atom. The maximum absolute atomic E-state index is 12.8. The molecule has 0 aliphatic rings. The number of amides is 1. The second-order valence-corrected chi connectivity index (χ2v) is 4.11. The van der Waals surface area contributed by atoms with Crippen LogP contribution in [0.2, 0.25) is 0 Å². The number of rotatable bonds is 6. The molecule has 1 amide bonds. The summed E-state index contributed by atoms with van der Waals surface area (Å²) in [4.78, 5) is 11.1. The molecule has 122 valence electrons. The first-order chi connectivity index (χ1) is 9.47. The number of carbonyl (C=O) groups excluding carboxylic acids is 1. The van der Waals surface area contributed by atoms with Crippen molar-refractivity contribution >= 4 is 5.91 Å². The van der Waals surface area contributed by atoms with E-state index in [1.165, 1.54) is 24.4 Å². The van der Waals surface area contributed by atoms with Gasteiger partial charge >= 0.3 is 12.4 Å². The van der Waals surface area contributed by atoms with Crippen LogP contribution in [-0.4, -0.2) is 31.3 Å². The van der Waals surface area contributed by atoms with Gasteiger partial charge in [0, 0.05) is 0 Å². The van der Waals surface area contributed by atoms with E-state index in [0.717, 1.165) is 0 Å². The van der Waals surface area contributed by atoms with E-state index in [4.69, 9.17) is 0 Å². The molecule has 3 nitrogen and oxygen atoms in total. The molecule has 21 heavy (non-hydrogen) atoms. The summed E-state index contributed by atoms with van der Waals surface area (Å²) in [5, 5.41) is 3.31. The van der Waals surface area contributed by atoms with Crippen molar-refractivity contribution in [2.45, 2.75) is 32.6 Å². The van der Waals surface area contributed by atoms with E-state index in [9.17, 15) is 31.1 Å². The summed E-state index contributed by atoms with van der Waals surface area (Å²) >= 11 is 0. The fourth-order valence-corrected chi connectivity index (χ4v) is 1.27. The quantitative estimate of drug-likeness (QED) is 0.584. The topological polar surface area (TPSA) is 41.1 Å². The molecule has 0 radical (unpaired) electrons. The monoisotopic (exact) mass is 318 g/mol. The van der Waals surface area contributed by atoms with Crippen LogP contribution in [0.1, 0.15) is 20.3 Å². The lowest BCUT2D eigenvalue weighted by Gasteiger charge is -2.16. The molecule has 0 spiro atoms. The van der Waals surface area contributed by atoms with Crippen LogP contribution in [0.25, 0.3) is 0 Å². The second-order valence-electron chi connectivity index (χ2n) is 4.11. The zero-order chi connectivity index (χ0) is 16.7. The van der Waals surface area contributed by atoms with Crippen molar-refractivity contribution in [3.8, 4) is 0 Å². The van der Waals surface area contributed by atoms with Gasteiger partial charge in [-0.3, -0.25) is 4.79 Å². The summed E-state index contributed by atoms with van der Waals surface area (Å²) in [5.74, 6) is -1.18. The number of alkyl halides is 6. The number of hydrogen-bond acceptors (Lipinski definition) is 2. The molecule has 0 aliphatic heterocycles. The van der Waals surface area contributed by atoms with Gasteiger partial charge in [0.1, 0.15) is 12.2 Å². The second kappa shape index (κ2) is 7.94.